The van der Waals surface area contributed by atoms with Gasteiger partial charge in [0.1, 0.15) is 0 Å². The topological polar surface area (TPSA) is 81.2 Å². The van der Waals surface area contributed by atoms with Gasteiger partial charge in [-0.1, -0.05) is 11.6 Å². The van der Waals surface area contributed by atoms with Crippen molar-refractivity contribution in [3.8, 4) is 11.4 Å². The molecule has 0 aromatic carbocycles. The Morgan fingerprint density at radius 2 is 2.19 bits per heavy atom. The van der Waals surface area contributed by atoms with E-state index in [0.29, 0.717) is 36.0 Å². The lowest BCUT2D eigenvalue weighted by molar-refractivity contribution is 0.0701. The third-order valence-electron chi connectivity index (χ3n) is 4.32. The van der Waals surface area contributed by atoms with E-state index >= 15 is 0 Å². The Kier molecular flexibility index (Phi) is 3.50. The second-order valence-electron chi connectivity index (χ2n) is 5.93. The van der Waals surface area contributed by atoms with Crippen LogP contribution in [-0.4, -0.2) is 46.7 Å². The Balaban J connectivity index is 1.42. The summed E-state index contributed by atoms with van der Waals surface area (Å²) in [5.41, 5.74) is 1.97. The molecule has 0 radical (unpaired) electrons. The minimum absolute atomic E-state index is 0.155. The van der Waals surface area contributed by atoms with E-state index in [0.717, 1.165) is 17.2 Å². The van der Waals surface area contributed by atoms with Crippen LogP contribution in [0.2, 0.25) is 5.02 Å². The van der Waals surface area contributed by atoms with Crippen molar-refractivity contribution >= 4 is 34.5 Å². The fourth-order valence-corrected chi connectivity index (χ4v) is 3.83. The van der Waals surface area contributed by atoms with Gasteiger partial charge in [0, 0.05) is 36.3 Å². The first-order chi connectivity index (χ1) is 12.7. The molecule has 130 valence electrons. The van der Waals surface area contributed by atoms with Crippen molar-refractivity contribution in [1.29, 1.82) is 0 Å². The number of thiophene rings is 1. The molecule has 0 saturated heterocycles. The third kappa shape index (κ3) is 2.47. The molecule has 4 aromatic rings. The fourth-order valence-electron chi connectivity index (χ4n) is 3.06. The van der Waals surface area contributed by atoms with Crippen LogP contribution >= 0.6 is 22.9 Å². The highest BCUT2D eigenvalue weighted by molar-refractivity contribution is 7.08. The summed E-state index contributed by atoms with van der Waals surface area (Å²) in [5.74, 6) is 1.47. The molecule has 0 unspecified atom stereocenters. The van der Waals surface area contributed by atoms with E-state index in [2.05, 4.69) is 24.8 Å². The molecule has 1 aliphatic heterocycles. The predicted molar refractivity (Wildman–Crippen MR) is 96.1 cm³/mol. The van der Waals surface area contributed by atoms with Crippen LogP contribution in [0.1, 0.15) is 16.3 Å². The molecular formula is C16H12ClN7OS. The molecule has 26 heavy (non-hydrogen) atoms. The zero-order valence-electron chi connectivity index (χ0n) is 13.4. The minimum Gasteiger partial charge on any atom is -0.328 e. The molecule has 1 aliphatic rings. The number of halogens is 1. The van der Waals surface area contributed by atoms with E-state index in [4.69, 9.17) is 11.6 Å². The van der Waals surface area contributed by atoms with E-state index in [9.17, 15) is 4.79 Å². The smallest absolute Gasteiger partial charge is 0.274 e. The number of amides is 1. The van der Waals surface area contributed by atoms with Crippen LogP contribution < -0.4 is 0 Å². The lowest BCUT2D eigenvalue weighted by atomic mass is 10.2. The maximum Gasteiger partial charge on any atom is 0.274 e. The quantitative estimate of drug-likeness (QED) is 0.529. The number of rotatable bonds is 2. The van der Waals surface area contributed by atoms with Crippen molar-refractivity contribution in [2.45, 2.75) is 13.1 Å². The van der Waals surface area contributed by atoms with Crippen LogP contribution in [0.5, 0.6) is 0 Å². The average Bonchev–Trinajstić information content (AvgIpc) is 3.38. The Labute approximate surface area is 156 Å². The minimum atomic E-state index is -0.155. The van der Waals surface area contributed by atoms with Crippen molar-refractivity contribution in [3.05, 3.63) is 51.8 Å². The molecule has 1 amide bonds. The van der Waals surface area contributed by atoms with Gasteiger partial charge in [-0.15, -0.1) is 10.2 Å². The SMILES string of the molecule is O=C(c1cc2ncc(Cl)cn2n1)N1CCn2c(nnc2-c2ccsc2)C1. The van der Waals surface area contributed by atoms with E-state index in [1.807, 2.05) is 16.8 Å². The molecule has 0 spiro atoms. The normalized spacial score (nSPS) is 14.0. The number of fused-ring (bicyclic) bond motifs is 2. The molecule has 0 aliphatic carbocycles. The van der Waals surface area contributed by atoms with E-state index in [1.165, 1.54) is 10.7 Å². The molecule has 0 fully saturated rings. The molecular weight excluding hydrogens is 374 g/mol. The zero-order valence-corrected chi connectivity index (χ0v) is 15.0. The van der Waals surface area contributed by atoms with E-state index in [1.54, 1.807) is 28.5 Å². The van der Waals surface area contributed by atoms with Crippen molar-refractivity contribution in [2.24, 2.45) is 0 Å². The largest absolute Gasteiger partial charge is 0.328 e. The Morgan fingerprint density at radius 3 is 3.04 bits per heavy atom. The van der Waals surface area contributed by atoms with Crippen LogP contribution in [0.4, 0.5) is 0 Å². The summed E-state index contributed by atoms with van der Waals surface area (Å²) in [7, 11) is 0. The van der Waals surface area contributed by atoms with Crippen molar-refractivity contribution < 1.29 is 4.79 Å². The van der Waals surface area contributed by atoms with Gasteiger partial charge in [-0.25, -0.2) is 9.50 Å². The van der Waals surface area contributed by atoms with Gasteiger partial charge in [-0.2, -0.15) is 16.4 Å². The average molecular weight is 386 g/mol. The number of nitrogens with zero attached hydrogens (tertiary/aromatic N) is 7. The van der Waals surface area contributed by atoms with Crippen molar-refractivity contribution in [3.63, 3.8) is 0 Å². The molecule has 0 atom stereocenters. The van der Waals surface area contributed by atoms with Gasteiger partial charge in [-0.3, -0.25) is 4.79 Å². The summed E-state index contributed by atoms with van der Waals surface area (Å²) >= 11 is 7.54. The fraction of sp³-hybridized carbons (Fsp3) is 0.188. The number of hydrogen-bond donors (Lipinski definition) is 0. The first-order valence-electron chi connectivity index (χ1n) is 7.94. The van der Waals surface area contributed by atoms with E-state index in [-0.39, 0.29) is 5.91 Å². The van der Waals surface area contributed by atoms with Crippen LogP contribution in [0.25, 0.3) is 17.0 Å². The van der Waals surface area contributed by atoms with Gasteiger partial charge < -0.3 is 9.47 Å². The zero-order chi connectivity index (χ0) is 17.7. The van der Waals surface area contributed by atoms with Crippen LogP contribution in [0, 0.1) is 0 Å². The van der Waals surface area contributed by atoms with Gasteiger partial charge in [0.25, 0.3) is 5.91 Å². The highest BCUT2D eigenvalue weighted by Gasteiger charge is 2.27. The second kappa shape index (κ2) is 5.89. The summed E-state index contributed by atoms with van der Waals surface area (Å²) in [6, 6.07) is 3.68. The van der Waals surface area contributed by atoms with Crippen molar-refractivity contribution in [2.75, 3.05) is 6.54 Å². The number of hydrogen-bond acceptors (Lipinski definition) is 6. The van der Waals surface area contributed by atoms with Gasteiger partial charge in [-0.05, 0) is 11.4 Å². The Bertz CT molecular complexity index is 1120. The lowest BCUT2D eigenvalue weighted by Crippen LogP contribution is -2.38. The first-order valence-corrected chi connectivity index (χ1v) is 9.26. The Hall–Kier alpha value is -2.78. The standard InChI is InChI=1S/C16H12ClN7OS/c17-11-6-18-13-5-12(21-24(13)7-11)16(25)22-2-3-23-14(8-22)19-20-15(23)10-1-4-26-9-10/h1,4-7,9H,2-3,8H2. The molecule has 0 saturated carbocycles. The second-order valence-corrected chi connectivity index (χ2v) is 7.15. The van der Waals surface area contributed by atoms with E-state index < -0.39 is 0 Å². The highest BCUT2D eigenvalue weighted by Crippen LogP contribution is 2.24. The molecule has 8 nitrogen and oxygen atoms in total. The van der Waals surface area contributed by atoms with Gasteiger partial charge in [0.15, 0.2) is 23.0 Å². The molecule has 10 heteroatoms. The van der Waals surface area contributed by atoms with Crippen molar-refractivity contribution in [1.82, 2.24) is 34.3 Å². The van der Waals surface area contributed by atoms with Crippen LogP contribution in [-0.2, 0) is 13.1 Å². The maximum absolute atomic E-state index is 12.8. The molecule has 0 N–H and O–H groups in total. The molecule has 4 aromatic heterocycles. The molecule has 5 rings (SSSR count). The van der Waals surface area contributed by atoms with Gasteiger partial charge >= 0.3 is 0 Å². The van der Waals surface area contributed by atoms with Gasteiger partial charge in [0.2, 0.25) is 0 Å². The predicted octanol–water partition coefficient (Wildman–Crippen LogP) is 2.36. The lowest BCUT2D eigenvalue weighted by Gasteiger charge is -2.27. The summed E-state index contributed by atoms with van der Waals surface area (Å²) < 4.78 is 3.58. The summed E-state index contributed by atoms with van der Waals surface area (Å²) in [6.45, 7) is 1.62. The summed E-state index contributed by atoms with van der Waals surface area (Å²) in [6.07, 6.45) is 3.16. The van der Waals surface area contributed by atoms with Crippen LogP contribution in [0.3, 0.4) is 0 Å². The Morgan fingerprint density at radius 1 is 1.27 bits per heavy atom. The van der Waals surface area contributed by atoms with Crippen LogP contribution in [0.15, 0.2) is 35.3 Å². The number of carbonyl (C=O) groups is 1. The molecule has 5 heterocycles. The monoisotopic (exact) mass is 385 g/mol. The number of carbonyl (C=O) groups excluding carboxylic acids is 1. The molecule has 0 bridgehead atoms. The van der Waals surface area contributed by atoms with Gasteiger partial charge in [0.05, 0.1) is 17.8 Å². The summed E-state index contributed by atoms with van der Waals surface area (Å²) in [5, 5.41) is 17.4. The third-order valence-corrected chi connectivity index (χ3v) is 5.20. The number of aromatic nitrogens is 6. The maximum atomic E-state index is 12.8. The summed E-state index contributed by atoms with van der Waals surface area (Å²) in [4.78, 5) is 18.7. The first kappa shape index (κ1) is 15.5. The highest BCUT2D eigenvalue weighted by atomic mass is 35.5.